The first-order valence-electron chi connectivity index (χ1n) is 22.6. The second-order valence-electron chi connectivity index (χ2n) is 18.0. The van der Waals surface area contributed by atoms with Crippen LogP contribution in [0.4, 0.5) is 0 Å². The molecule has 2 aromatic heterocycles. The molecule has 0 bridgehead atoms. The number of nitrogens with one attached hydrogen (secondary N) is 1. The molecule has 1 saturated carbocycles. The number of rotatable bonds is 7. The standard InChI is InChI=1S/C27H37N3O3.C21H27N3O3/c1-19-10-13-28(14-11-19)27(32)20-8-9-24-22(16-20)23-17-29(21-6-4-3-5-7-21)15-12-25(23)30(24)18-26(31)33-2;1-14-6-9-23(10-7-14)21(26)15-3-4-18-16(11-15)17-12-22-8-5-19(17)24(18)13-20(25)27-2/h8-9,16,19,21H,3-7,10-15,17-18H2,1-2H3;3-4,11,14,22H,5-10,12-13H2,1-2H3. The molecule has 0 spiro atoms. The number of hydrogen-bond donors (Lipinski definition) is 1. The van der Waals surface area contributed by atoms with Crippen LogP contribution in [0.3, 0.4) is 0 Å². The number of amides is 2. The Hall–Kier alpha value is -4.68. The fraction of sp³-hybridized carbons (Fsp3) is 0.583. The van der Waals surface area contributed by atoms with Gasteiger partial charge in [0.2, 0.25) is 0 Å². The Kier molecular flexibility index (Phi) is 13.0. The fourth-order valence-corrected chi connectivity index (χ4v) is 10.4. The number of benzene rings is 2. The van der Waals surface area contributed by atoms with Gasteiger partial charge in [0.1, 0.15) is 13.1 Å². The summed E-state index contributed by atoms with van der Waals surface area (Å²) in [6, 6.07) is 12.6. The minimum atomic E-state index is -0.254. The van der Waals surface area contributed by atoms with Gasteiger partial charge in [-0.05, 0) is 97.9 Å². The smallest absolute Gasteiger partial charge is 0.325 e. The minimum absolute atomic E-state index is 0.113. The van der Waals surface area contributed by atoms with Gasteiger partial charge in [0.25, 0.3) is 11.8 Å². The van der Waals surface area contributed by atoms with E-state index in [4.69, 9.17) is 9.47 Å². The lowest BCUT2D eigenvalue weighted by atomic mass is 9.92. The van der Waals surface area contributed by atoms with Gasteiger partial charge in [0.05, 0.1) is 14.2 Å². The summed E-state index contributed by atoms with van der Waals surface area (Å²) in [5, 5.41) is 5.60. The van der Waals surface area contributed by atoms with Crippen molar-refractivity contribution in [2.75, 3.05) is 53.5 Å². The van der Waals surface area contributed by atoms with Gasteiger partial charge in [0, 0.05) is 116 Å². The predicted octanol–water partition coefficient (Wildman–Crippen LogP) is 6.71. The molecular formula is C48H64N6O6. The quantitative estimate of drug-likeness (QED) is 0.205. The number of aromatic nitrogens is 2. The van der Waals surface area contributed by atoms with Gasteiger partial charge >= 0.3 is 11.9 Å². The number of piperidine rings is 2. The number of likely N-dealkylation sites (tertiary alicyclic amines) is 2. The van der Waals surface area contributed by atoms with E-state index in [1.807, 2.05) is 44.7 Å². The van der Waals surface area contributed by atoms with Crippen molar-refractivity contribution in [2.45, 2.75) is 117 Å². The van der Waals surface area contributed by atoms with Crippen LogP contribution < -0.4 is 5.32 Å². The van der Waals surface area contributed by atoms with Gasteiger partial charge < -0.3 is 33.7 Å². The first-order valence-corrected chi connectivity index (χ1v) is 22.6. The number of nitrogens with zero attached hydrogens (tertiary/aromatic N) is 5. The molecule has 322 valence electrons. The number of fused-ring (bicyclic) bond motifs is 6. The summed E-state index contributed by atoms with van der Waals surface area (Å²) < 4.78 is 14.1. The highest BCUT2D eigenvalue weighted by atomic mass is 16.5. The van der Waals surface area contributed by atoms with Crippen LogP contribution in [0.2, 0.25) is 0 Å². The number of carbonyl (C=O) groups is 4. The summed E-state index contributed by atoms with van der Waals surface area (Å²) >= 11 is 0. The van der Waals surface area contributed by atoms with Gasteiger partial charge in [-0.15, -0.1) is 0 Å². The number of ether oxygens (including phenoxy) is 2. The zero-order chi connectivity index (χ0) is 41.9. The highest BCUT2D eigenvalue weighted by Gasteiger charge is 2.31. The summed E-state index contributed by atoms with van der Waals surface area (Å²) in [6.07, 6.45) is 12.7. The highest BCUT2D eigenvalue weighted by molar-refractivity contribution is 6.00. The Bertz CT molecular complexity index is 2220. The van der Waals surface area contributed by atoms with Gasteiger partial charge in [-0.3, -0.25) is 24.1 Å². The van der Waals surface area contributed by atoms with Crippen LogP contribution in [-0.4, -0.2) is 107 Å². The van der Waals surface area contributed by atoms with E-state index in [1.165, 1.54) is 68.8 Å². The normalized spacial score (nSPS) is 19.4. The van der Waals surface area contributed by atoms with Gasteiger partial charge in [-0.2, -0.15) is 0 Å². The molecule has 1 N–H and O–H groups in total. The molecule has 0 radical (unpaired) electrons. The lowest BCUT2D eigenvalue weighted by Gasteiger charge is -2.37. The van der Waals surface area contributed by atoms with Gasteiger partial charge in [-0.25, -0.2) is 0 Å². The van der Waals surface area contributed by atoms with Gasteiger partial charge in [0.15, 0.2) is 0 Å². The third-order valence-corrected chi connectivity index (χ3v) is 14.2. The molecule has 5 aliphatic rings. The van der Waals surface area contributed by atoms with Crippen LogP contribution in [0, 0.1) is 11.8 Å². The van der Waals surface area contributed by atoms with Gasteiger partial charge in [-0.1, -0.05) is 33.1 Å². The SMILES string of the molecule is COC(=O)Cn1c2c(c3cc(C(=O)N4CCC(C)CC4)ccc31)CN(C1CCCCC1)CC2.COC(=O)Cn1c2c(c3cc(C(=O)N4CCC(C)CC4)ccc31)CNCC2. The Morgan fingerprint density at radius 3 is 1.65 bits per heavy atom. The minimum Gasteiger partial charge on any atom is -0.468 e. The summed E-state index contributed by atoms with van der Waals surface area (Å²) in [7, 11) is 2.86. The first kappa shape index (κ1) is 42.0. The zero-order valence-electron chi connectivity index (χ0n) is 36.2. The second-order valence-corrected chi connectivity index (χ2v) is 18.0. The molecule has 4 aliphatic heterocycles. The molecular weight excluding hydrogens is 757 g/mol. The average Bonchev–Trinajstić information content (AvgIpc) is 3.77. The van der Waals surface area contributed by atoms with E-state index in [-0.39, 0.29) is 36.8 Å². The van der Waals surface area contributed by atoms with Crippen molar-refractivity contribution in [2.24, 2.45) is 11.8 Å². The van der Waals surface area contributed by atoms with Crippen molar-refractivity contribution in [3.05, 3.63) is 70.0 Å². The van der Waals surface area contributed by atoms with Crippen LogP contribution >= 0.6 is 0 Å². The number of carbonyl (C=O) groups excluding carboxylic acids is 4. The van der Waals surface area contributed by atoms with E-state index in [2.05, 4.69) is 34.7 Å². The van der Waals surface area contributed by atoms with Crippen LogP contribution in [-0.2, 0) is 58.1 Å². The van der Waals surface area contributed by atoms with Crippen LogP contribution in [0.1, 0.15) is 115 Å². The van der Waals surface area contributed by atoms with E-state index in [0.29, 0.717) is 17.9 Å². The van der Waals surface area contributed by atoms with Crippen LogP contribution in [0.5, 0.6) is 0 Å². The van der Waals surface area contributed by atoms with Crippen LogP contribution in [0.25, 0.3) is 21.8 Å². The lowest BCUT2D eigenvalue weighted by molar-refractivity contribution is -0.142. The third kappa shape index (κ3) is 8.73. The number of hydrogen-bond acceptors (Lipinski definition) is 8. The van der Waals surface area contributed by atoms with E-state index in [1.54, 1.807) is 0 Å². The molecule has 0 atom stereocenters. The summed E-state index contributed by atoms with van der Waals surface area (Å²) in [4.78, 5) is 57.0. The van der Waals surface area contributed by atoms with E-state index in [9.17, 15) is 19.2 Å². The van der Waals surface area contributed by atoms with Crippen molar-refractivity contribution in [3.63, 3.8) is 0 Å². The van der Waals surface area contributed by atoms with Crippen molar-refractivity contribution in [1.82, 2.24) is 29.2 Å². The topological polar surface area (TPSA) is 118 Å². The number of esters is 2. The molecule has 3 fully saturated rings. The van der Waals surface area contributed by atoms with E-state index in [0.717, 1.165) is 124 Å². The maximum atomic E-state index is 13.3. The molecule has 2 saturated heterocycles. The van der Waals surface area contributed by atoms with E-state index < -0.39 is 0 Å². The Labute approximate surface area is 354 Å². The van der Waals surface area contributed by atoms with Crippen molar-refractivity contribution in [3.8, 4) is 0 Å². The largest absolute Gasteiger partial charge is 0.468 e. The maximum absolute atomic E-state index is 13.3. The molecule has 60 heavy (non-hydrogen) atoms. The van der Waals surface area contributed by atoms with Crippen molar-refractivity contribution >= 4 is 45.6 Å². The molecule has 1 aliphatic carbocycles. The zero-order valence-corrected chi connectivity index (χ0v) is 36.2. The third-order valence-electron chi connectivity index (χ3n) is 14.2. The molecule has 2 amide bonds. The molecule has 2 aromatic carbocycles. The maximum Gasteiger partial charge on any atom is 0.325 e. The predicted molar refractivity (Wildman–Crippen MR) is 233 cm³/mol. The molecule has 9 rings (SSSR count). The summed E-state index contributed by atoms with van der Waals surface area (Å²) in [5.74, 6) is 1.16. The Morgan fingerprint density at radius 2 is 1.13 bits per heavy atom. The molecule has 4 aromatic rings. The average molecular weight is 821 g/mol. The van der Waals surface area contributed by atoms with Crippen molar-refractivity contribution in [1.29, 1.82) is 0 Å². The molecule has 12 heteroatoms. The Morgan fingerprint density at radius 1 is 0.633 bits per heavy atom. The summed E-state index contributed by atoms with van der Waals surface area (Å²) in [6.45, 7) is 11.9. The monoisotopic (exact) mass is 820 g/mol. The van der Waals surface area contributed by atoms with Crippen LogP contribution in [0.15, 0.2) is 36.4 Å². The summed E-state index contributed by atoms with van der Waals surface area (Å²) in [5.41, 5.74) is 8.45. The van der Waals surface area contributed by atoms with Crippen molar-refractivity contribution < 1.29 is 28.7 Å². The Balaban J connectivity index is 0.000000170. The highest BCUT2D eigenvalue weighted by Crippen LogP contribution is 2.36. The molecule has 12 nitrogen and oxygen atoms in total. The van der Waals surface area contributed by atoms with E-state index >= 15 is 0 Å². The first-order chi connectivity index (χ1) is 29.1. The molecule has 6 heterocycles. The molecule has 0 unspecified atom stereocenters. The second kappa shape index (κ2) is 18.5. The lowest BCUT2D eigenvalue weighted by Crippen LogP contribution is -2.40. The fourth-order valence-electron chi connectivity index (χ4n) is 10.4. The number of methoxy groups -OCH3 is 2.